The van der Waals surface area contributed by atoms with E-state index < -0.39 is 0 Å². The Morgan fingerprint density at radius 1 is 1.37 bits per heavy atom. The highest BCUT2D eigenvalue weighted by atomic mass is 32.2. The lowest BCUT2D eigenvalue weighted by molar-refractivity contribution is -0.140. The maximum absolute atomic E-state index is 11.7. The quantitative estimate of drug-likeness (QED) is 0.807. The second-order valence-corrected chi connectivity index (χ2v) is 5.67. The number of aromatic nitrogens is 2. The van der Waals surface area contributed by atoms with E-state index in [1.807, 2.05) is 48.0 Å². The molecule has 1 aliphatic rings. The van der Waals surface area contributed by atoms with Gasteiger partial charge in [0.25, 0.3) is 0 Å². The van der Waals surface area contributed by atoms with Gasteiger partial charge in [0.15, 0.2) is 5.16 Å². The Hall–Kier alpha value is -1.75. The van der Waals surface area contributed by atoms with Crippen molar-refractivity contribution in [2.75, 3.05) is 0 Å². The van der Waals surface area contributed by atoms with Gasteiger partial charge in [-0.05, 0) is 19.1 Å². The summed E-state index contributed by atoms with van der Waals surface area (Å²) in [5.74, 6) is -0.139. The van der Waals surface area contributed by atoms with Crippen LogP contribution < -0.4 is 0 Å². The molecule has 2 unspecified atom stereocenters. The predicted molar refractivity (Wildman–Crippen MR) is 73.4 cm³/mol. The Morgan fingerprint density at radius 2 is 2.16 bits per heavy atom. The SMILES string of the molecule is CC1CC(Sc2nccn2-c2ccccc2)C(=O)O1. The van der Waals surface area contributed by atoms with Crippen molar-refractivity contribution < 1.29 is 9.53 Å². The fourth-order valence-electron chi connectivity index (χ4n) is 2.11. The van der Waals surface area contributed by atoms with E-state index in [0.717, 1.165) is 17.3 Å². The molecule has 0 N–H and O–H groups in total. The van der Waals surface area contributed by atoms with E-state index in [1.165, 1.54) is 11.8 Å². The number of para-hydroxylation sites is 1. The molecule has 19 heavy (non-hydrogen) atoms. The van der Waals surface area contributed by atoms with Gasteiger partial charge in [-0.1, -0.05) is 30.0 Å². The average Bonchev–Trinajstić information content (AvgIpc) is 2.98. The molecular formula is C14H14N2O2S. The van der Waals surface area contributed by atoms with Crippen LogP contribution in [-0.2, 0) is 9.53 Å². The van der Waals surface area contributed by atoms with Crippen LogP contribution in [0.4, 0.5) is 0 Å². The predicted octanol–water partition coefficient (Wildman–Crippen LogP) is 2.67. The van der Waals surface area contributed by atoms with Gasteiger partial charge in [-0.2, -0.15) is 0 Å². The summed E-state index contributed by atoms with van der Waals surface area (Å²) in [6, 6.07) is 9.97. The lowest BCUT2D eigenvalue weighted by Gasteiger charge is -2.09. The molecule has 1 aromatic carbocycles. The molecule has 4 nitrogen and oxygen atoms in total. The standard InChI is InChI=1S/C14H14N2O2S/c1-10-9-12(13(17)18-10)19-14-15-7-8-16(14)11-5-3-2-4-6-11/h2-8,10,12H,9H2,1H3. The first-order valence-electron chi connectivity index (χ1n) is 6.20. The van der Waals surface area contributed by atoms with E-state index in [2.05, 4.69) is 4.98 Å². The minimum atomic E-state index is -0.153. The minimum absolute atomic E-state index is 0.00476. The Labute approximate surface area is 115 Å². The van der Waals surface area contributed by atoms with Gasteiger partial charge in [0.2, 0.25) is 0 Å². The van der Waals surface area contributed by atoms with Crippen molar-refractivity contribution in [1.29, 1.82) is 0 Å². The largest absolute Gasteiger partial charge is 0.462 e. The molecule has 1 aliphatic heterocycles. The van der Waals surface area contributed by atoms with Crippen LogP contribution in [0.15, 0.2) is 47.9 Å². The molecule has 2 heterocycles. The van der Waals surface area contributed by atoms with Gasteiger partial charge in [0.05, 0.1) is 0 Å². The van der Waals surface area contributed by atoms with Crippen molar-refractivity contribution in [3.63, 3.8) is 0 Å². The number of rotatable bonds is 3. The summed E-state index contributed by atoms with van der Waals surface area (Å²) in [6.07, 6.45) is 4.40. The number of hydrogen-bond acceptors (Lipinski definition) is 4. The lowest BCUT2D eigenvalue weighted by Crippen LogP contribution is -2.10. The number of benzene rings is 1. The molecule has 98 valence electrons. The van der Waals surface area contributed by atoms with E-state index in [-0.39, 0.29) is 17.3 Å². The normalized spacial score (nSPS) is 22.5. The number of carbonyl (C=O) groups is 1. The number of thioether (sulfide) groups is 1. The third-order valence-electron chi connectivity index (χ3n) is 3.02. The van der Waals surface area contributed by atoms with Crippen molar-refractivity contribution in [1.82, 2.24) is 9.55 Å². The summed E-state index contributed by atoms with van der Waals surface area (Å²) in [5.41, 5.74) is 1.04. The van der Waals surface area contributed by atoms with Gasteiger partial charge >= 0.3 is 5.97 Å². The smallest absolute Gasteiger partial charge is 0.319 e. The van der Waals surface area contributed by atoms with Crippen molar-refractivity contribution in [2.24, 2.45) is 0 Å². The van der Waals surface area contributed by atoms with Gasteiger partial charge in [-0.3, -0.25) is 9.36 Å². The molecular weight excluding hydrogens is 260 g/mol. The number of ether oxygens (including phenoxy) is 1. The fourth-order valence-corrected chi connectivity index (χ4v) is 3.28. The second-order valence-electron chi connectivity index (χ2n) is 4.51. The molecule has 1 fully saturated rings. The summed E-state index contributed by atoms with van der Waals surface area (Å²) >= 11 is 1.47. The molecule has 3 rings (SSSR count). The molecule has 0 spiro atoms. The average molecular weight is 274 g/mol. The van der Waals surface area contributed by atoms with Gasteiger partial charge in [-0.25, -0.2) is 4.98 Å². The van der Waals surface area contributed by atoms with Crippen molar-refractivity contribution in [2.45, 2.75) is 29.9 Å². The Kier molecular flexibility index (Phi) is 3.29. The Bertz CT molecular complexity index is 582. The van der Waals surface area contributed by atoms with Crippen molar-refractivity contribution >= 4 is 17.7 Å². The van der Waals surface area contributed by atoms with E-state index in [1.54, 1.807) is 6.20 Å². The van der Waals surface area contributed by atoms with Gasteiger partial charge < -0.3 is 4.74 Å². The van der Waals surface area contributed by atoms with Crippen LogP contribution in [0.1, 0.15) is 13.3 Å². The van der Waals surface area contributed by atoms with E-state index in [9.17, 15) is 4.79 Å². The highest BCUT2D eigenvalue weighted by Gasteiger charge is 2.33. The highest BCUT2D eigenvalue weighted by molar-refractivity contribution is 8.00. The molecule has 1 aromatic heterocycles. The molecule has 2 atom stereocenters. The molecule has 1 saturated heterocycles. The van der Waals surface area contributed by atoms with Gasteiger partial charge in [0, 0.05) is 24.5 Å². The summed E-state index contributed by atoms with van der Waals surface area (Å²) in [5, 5.41) is 0.669. The van der Waals surface area contributed by atoms with Crippen LogP contribution in [0, 0.1) is 0 Å². The molecule has 0 radical (unpaired) electrons. The van der Waals surface area contributed by atoms with Crippen LogP contribution in [-0.4, -0.2) is 26.9 Å². The van der Waals surface area contributed by atoms with Crippen LogP contribution in [0.2, 0.25) is 0 Å². The zero-order valence-corrected chi connectivity index (χ0v) is 11.3. The first-order chi connectivity index (χ1) is 9.24. The first kappa shape index (κ1) is 12.3. The zero-order chi connectivity index (χ0) is 13.2. The van der Waals surface area contributed by atoms with Gasteiger partial charge in [-0.15, -0.1) is 0 Å². The highest BCUT2D eigenvalue weighted by Crippen LogP contribution is 2.32. The summed E-state index contributed by atoms with van der Waals surface area (Å²) in [7, 11) is 0. The number of esters is 1. The molecule has 0 saturated carbocycles. The number of nitrogens with zero attached hydrogens (tertiary/aromatic N) is 2. The number of cyclic esters (lactones) is 1. The van der Waals surface area contributed by atoms with Crippen LogP contribution in [0.3, 0.4) is 0 Å². The van der Waals surface area contributed by atoms with Crippen LogP contribution in [0.25, 0.3) is 5.69 Å². The molecule has 0 aliphatic carbocycles. The number of carbonyl (C=O) groups excluding carboxylic acids is 1. The molecule has 0 bridgehead atoms. The maximum Gasteiger partial charge on any atom is 0.319 e. The lowest BCUT2D eigenvalue weighted by atomic mass is 10.3. The minimum Gasteiger partial charge on any atom is -0.462 e. The monoisotopic (exact) mass is 274 g/mol. The van der Waals surface area contributed by atoms with Crippen LogP contribution in [0.5, 0.6) is 0 Å². The number of imidazole rings is 1. The Morgan fingerprint density at radius 3 is 2.84 bits per heavy atom. The maximum atomic E-state index is 11.7. The van der Waals surface area contributed by atoms with E-state index in [4.69, 9.17) is 4.74 Å². The summed E-state index contributed by atoms with van der Waals surface area (Å²) in [6.45, 7) is 1.92. The Balaban J connectivity index is 1.83. The molecule has 2 aromatic rings. The van der Waals surface area contributed by atoms with Crippen LogP contribution >= 0.6 is 11.8 Å². The van der Waals surface area contributed by atoms with Gasteiger partial charge in [0.1, 0.15) is 11.4 Å². The molecule has 0 amide bonds. The first-order valence-corrected chi connectivity index (χ1v) is 7.08. The number of hydrogen-bond donors (Lipinski definition) is 0. The van der Waals surface area contributed by atoms with E-state index in [0.29, 0.717) is 0 Å². The fraction of sp³-hybridized carbons (Fsp3) is 0.286. The summed E-state index contributed by atoms with van der Waals surface area (Å²) in [4.78, 5) is 16.0. The second kappa shape index (κ2) is 5.09. The van der Waals surface area contributed by atoms with Crippen molar-refractivity contribution in [3.05, 3.63) is 42.7 Å². The summed E-state index contributed by atoms with van der Waals surface area (Å²) < 4.78 is 7.16. The van der Waals surface area contributed by atoms with Crippen molar-refractivity contribution in [3.8, 4) is 5.69 Å². The third kappa shape index (κ3) is 2.51. The molecule has 5 heteroatoms. The zero-order valence-electron chi connectivity index (χ0n) is 10.5. The van der Waals surface area contributed by atoms with E-state index >= 15 is 0 Å². The topological polar surface area (TPSA) is 44.1 Å². The third-order valence-corrected chi connectivity index (χ3v) is 4.20.